The van der Waals surface area contributed by atoms with Gasteiger partial charge in [0.1, 0.15) is 5.82 Å². The lowest BCUT2D eigenvalue weighted by Gasteiger charge is -2.07. The molecule has 21 heavy (non-hydrogen) atoms. The van der Waals surface area contributed by atoms with Crippen LogP contribution in [0.25, 0.3) is 10.9 Å². The zero-order valence-corrected chi connectivity index (χ0v) is 12.3. The molecule has 1 N–H and O–H groups in total. The molecule has 0 saturated heterocycles. The summed E-state index contributed by atoms with van der Waals surface area (Å²) in [5, 5.41) is 0.665. The fourth-order valence-corrected chi connectivity index (χ4v) is 2.44. The summed E-state index contributed by atoms with van der Waals surface area (Å²) in [4.78, 5) is 19.7. The maximum Gasteiger partial charge on any atom is 0.258 e. The first-order chi connectivity index (χ1) is 10.1. The van der Waals surface area contributed by atoms with Crippen LogP contribution in [0.4, 0.5) is 0 Å². The predicted molar refractivity (Wildman–Crippen MR) is 85.7 cm³/mol. The van der Waals surface area contributed by atoms with Gasteiger partial charge in [-0.1, -0.05) is 50.2 Å². The summed E-state index contributed by atoms with van der Waals surface area (Å²) in [7, 11) is 0. The van der Waals surface area contributed by atoms with Crippen molar-refractivity contribution < 1.29 is 0 Å². The Balaban J connectivity index is 2.04. The Morgan fingerprint density at radius 1 is 1.10 bits per heavy atom. The van der Waals surface area contributed by atoms with E-state index in [1.54, 1.807) is 0 Å². The Morgan fingerprint density at radius 2 is 1.86 bits per heavy atom. The van der Waals surface area contributed by atoms with Gasteiger partial charge in [-0.05, 0) is 29.2 Å². The number of hydrogen-bond acceptors (Lipinski definition) is 2. The van der Waals surface area contributed by atoms with E-state index in [2.05, 4.69) is 23.8 Å². The van der Waals surface area contributed by atoms with Gasteiger partial charge in [0.05, 0.1) is 10.9 Å². The highest BCUT2D eigenvalue weighted by molar-refractivity contribution is 5.78. The Labute approximate surface area is 123 Å². The number of H-pyrrole nitrogens is 1. The van der Waals surface area contributed by atoms with Crippen molar-refractivity contribution in [2.45, 2.75) is 26.2 Å². The zero-order chi connectivity index (χ0) is 14.8. The molecule has 106 valence electrons. The van der Waals surface area contributed by atoms with Crippen LogP contribution in [0.1, 0.15) is 36.7 Å². The lowest BCUT2D eigenvalue weighted by molar-refractivity contribution is 0.867. The monoisotopic (exact) mass is 278 g/mol. The van der Waals surface area contributed by atoms with Crippen LogP contribution < -0.4 is 5.56 Å². The van der Waals surface area contributed by atoms with Gasteiger partial charge in [-0.15, -0.1) is 0 Å². The molecular formula is C18H18N2O. The number of aromatic amines is 1. The van der Waals surface area contributed by atoms with Crippen molar-refractivity contribution in [1.82, 2.24) is 9.97 Å². The maximum atomic E-state index is 12.3. The molecule has 0 unspecified atom stereocenters. The van der Waals surface area contributed by atoms with E-state index in [0.29, 0.717) is 23.5 Å². The van der Waals surface area contributed by atoms with Crippen molar-refractivity contribution in [2.24, 2.45) is 0 Å². The van der Waals surface area contributed by atoms with Gasteiger partial charge in [0.25, 0.3) is 5.56 Å². The number of benzene rings is 2. The molecular weight excluding hydrogens is 260 g/mol. The summed E-state index contributed by atoms with van der Waals surface area (Å²) in [6.45, 7) is 4.24. The number of fused-ring (bicyclic) bond motifs is 1. The van der Waals surface area contributed by atoms with Crippen LogP contribution >= 0.6 is 0 Å². The van der Waals surface area contributed by atoms with Gasteiger partial charge in [0.15, 0.2) is 0 Å². The topological polar surface area (TPSA) is 45.8 Å². The summed E-state index contributed by atoms with van der Waals surface area (Å²) in [6, 6.07) is 16.0. The summed E-state index contributed by atoms with van der Waals surface area (Å²) in [5.41, 5.74) is 2.99. The number of nitrogens with one attached hydrogen (secondary N) is 1. The molecule has 0 aliphatic heterocycles. The Bertz CT molecular complexity index is 819. The van der Waals surface area contributed by atoms with Crippen molar-refractivity contribution >= 4 is 10.9 Å². The van der Waals surface area contributed by atoms with Crippen molar-refractivity contribution in [3.63, 3.8) is 0 Å². The lowest BCUT2D eigenvalue weighted by atomic mass is 10.0. The molecule has 3 heteroatoms. The molecule has 0 spiro atoms. The summed E-state index contributed by atoms with van der Waals surface area (Å²) < 4.78 is 0. The minimum absolute atomic E-state index is 0.0616. The molecule has 3 aromatic rings. The van der Waals surface area contributed by atoms with Gasteiger partial charge >= 0.3 is 0 Å². The first-order valence-corrected chi connectivity index (χ1v) is 7.20. The fourth-order valence-electron chi connectivity index (χ4n) is 2.44. The van der Waals surface area contributed by atoms with Crippen molar-refractivity contribution in [3.8, 4) is 0 Å². The van der Waals surface area contributed by atoms with Gasteiger partial charge in [0, 0.05) is 6.42 Å². The first-order valence-electron chi connectivity index (χ1n) is 7.20. The van der Waals surface area contributed by atoms with Gasteiger partial charge in [-0.2, -0.15) is 0 Å². The van der Waals surface area contributed by atoms with Crippen LogP contribution in [0.15, 0.2) is 53.3 Å². The number of aromatic nitrogens is 2. The van der Waals surface area contributed by atoms with Crippen LogP contribution in [-0.4, -0.2) is 9.97 Å². The van der Waals surface area contributed by atoms with Crippen molar-refractivity contribution in [2.75, 3.05) is 0 Å². The molecule has 0 aliphatic carbocycles. The molecule has 0 fully saturated rings. The van der Waals surface area contributed by atoms with Crippen LogP contribution in [0.2, 0.25) is 0 Å². The second kappa shape index (κ2) is 5.52. The second-order valence-corrected chi connectivity index (χ2v) is 5.61. The molecule has 0 bridgehead atoms. The molecule has 0 atom stereocenters. The largest absolute Gasteiger partial charge is 0.310 e. The highest BCUT2D eigenvalue weighted by Crippen LogP contribution is 2.18. The van der Waals surface area contributed by atoms with E-state index in [0.717, 1.165) is 16.6 Å². The van der Waals surface area contributed by atoms with Crippen LogP contribution in [0.3, 0.4) is 0 Å². The third-order valence-corrected chi connectivity index (χ3v) is 3.66. The Morgan fingerprint density at radius 3 is 2.57 bits per heavy atom. The third-order valence-electron chi connectivity index (χ3n) is 3.66. The minimum atomic E-state index is -0.0616. The molecule has 0 radical (unpaired) electrons. The average molecular weight is 278 g/mol. The standard InChI is InChI=1S/C18H18N2O/c1-12(2)14-8-9-16-15(11-14)18(21)20-17(19-16)10-13-6-4-3-5-7-13/h3-9,11-12H,10H2,1-2H3,(H,19,20,21). The van der Waals surface area contributed by atoms with Crippen molar-refractivity contribution in [3.05, 3.63) is 75.8 Å². The fraction of sp³-hybridized carbons (Fsp3) is 0.222. The van der Waals surface area contributed by atoms with E-state index >= 15 is 0 Å². The molecule has 3 nitrogen and oxygen atoms in total. The van der Waals surface area contributed by atoms with Gasteiger partial charge in [-0.25, -0.2) is 4.98 Å². The van der Waals surface area contributed by atoms with Crippen LogP contribution in [0, 0.1) is 0 Å². The van der Waals surface area contributed by atoms with E-state index in [9.17, 15) is 4.79 Å². The molecule has 0 saturated carbocycles. The van der Waals surface area contributed by atoms with E-state index in [1.165, 1.54) is 0 Å². The second-order valence-electron chi connectivity index (χ2n) is 5.61. The zero-order valence-electron chi connectivity index (χ0n) is 12.3. The van der Waals surface area contributed by atoms with E-state index in [1.807, 2.05) is 48.5 Å². The maximum absolute atomic E-state index is 12.3. The SMILES string of the molecule is CC(C)c1ccc2nc(Cc3ccccc3)[nH]c(=O)c2c1. The number of nitrogens with zero attached hydrogens (tertiary/aromatic N) is 1. The lowest BCUT2D eigenvalue weighted by Crippen LogP contribution is -2.12. The molecule has 1 aromatic heterocycles. The minimum Gasteiger partial charge on any atom is -0.310 e. The van der Waals surface area contributed by atoms with Crippen molar-refractivity contribution in [1.29, 1.82) is 0 Å². The highest BCUT2D eigenvalue weighted by atomic mass is 16.1. The van der Waals surface area contributed by atoms with Gasteiger partial charge in [-0.3, -0.25) is 4.79 Å². The van der Waals surface area contributed by atoms with E-state index in [4.69, 9.17) is 0 Å². The number of hydrogen-bond donors (Lipinski definition) is 1. The molecule has 2 aromatic carbocycles. The van der Waals surface area contributed by atoms with E-state index < -0.39 is 0 Å². The molecule has 1 heterocycles. The van der Waals surface area contributed by atoms with E-state index in [-0.39, 0.29) is 5.56 Å². The number of rotatable bonds is 3. The average Bonchev–Trinajstić information content (AvgIpc) is 2.48. The summed E-state index contributed by atoms with van der Waals surface area (Å²) in [5.74, 6) is 1.11. The Kier molecular flexibility index (Phi) is 3.57. The summed E-state index contributed by atoms with van der Waals surface area (Å²) in [6.07, 6.45) is 0.637. The quantitative estimate of drug-likeness (QED) is 0.795. The first kappa shape index (κ1) is 13.6. The van der Waals surface area contributed by atoms with Gasteiger partial charge < -0.3 is 4.98 Å². The highest BCUT2D eigenvalue weighted by Gasteiger charge is 2.07. The predicted octanol–water partition coefficient (Wildman–Crippen LogP) is 3.64. The van der Waals surface area contributed by atoms with Crippen LogP contribution in [-0.2, 0) is 6.42 Å². The summed E-state index contributed by atoms with van der Waals surface area (Å²) >= 11 is 0. The van der Waals surface area contributed by atoms with Crippen LogP contribution in [0.5, 0.6) is 0 Å². The molecule has 0 amide bonds. The normalized spacial score (nSPS) is 11.2. The molecule has 0 aliphatic rings. The van der Waals surface area contributed by atoms with Gasteiger partial charge in [0.2, 0.25) is 0 Å². The Hall–Kier alpha value is -2.42. The molecule has 3 rings (SSSR count). The smallest absolute Gasteiger partial charge is 0.258 e. The third kappa shape index (κ3) is 2.87.